The molecular weight excluding hydrogens is 456 g/mol. The fraction of sp³-hybridized carbons (Fsp3) is 0.458. The highest BCUT2D eigenvalue weighted by atomic mass is 19.1. The minimum atomic E-state index is -0.784. The number of nitrogens with zero attached hydrogens (tertiary/aromatic N) is 6. The predicted molar refractivity (Wildman–Crippen MR) is 128 cm³/mol. The Hall–Kier alpha value is -3.31. The predicted octanol–water partition coefficient (Wildman–Crippen LogP) is 3.27. The van der Waals surface area contributed by atoms with Crippen LogP contribution in [0, 0.1) is 18.6 Å². The summed E-state index contributed by atoms with van der Waals surface area (Å²) in [5, 5.41) is 7.59. The Labute approximate surface area is 203 Å². The van der Waals surface area contributed by atoms with Gasteiger partial charge in [-0.2, -0.15) is 5.10 Å². The minimum absolute atomic E-state index is 0.0313. The molecule has 0 saturated carbocycles. The van der Waals surface area contributed by atoms with Gasteiger partial charge in [0.15, 0.2) is 23.1 Å². The number of halogens is 2. The molecule has 1 aliphatic rings. The Bertz CT molecular complexity index is 1150. The first-order valence-electron chi connectivity index (χ1n) is 11.6. The van der Waals surface area contributed by atoms with Crippen molar-refractivity contribution in [3.05, 3.63) is 53.0 Å². The van der Waals surface area contributed by atoms with E-state index in [4.69, 9.17) is 9.47 Å². The number of ether oxygens (including phenoxy) is 2. The molecule has 1 fully saturated rings. The lowest BCUT2D eigenvalue weighted by molar-refractivity contribution is 0.129. The van der Waals surface area contributed by atoms with E-state index in [1.54, 1.807) is 6.92 Å². The molecule has 0 unspecified atom stereocenters. The van der Waals surface area contributed by atoms with Crippen LogP contribution in [-0.2, 0) is 20.2 Å². The van der Waals surface area contributed by atoms with Crippen molar-refractivity contribution in [1.82, 2.24) is 29.5 Å². The first kappa shape index (κ1) is 24.8. The Morgan fingerprint density at radius 2 is 1.71 bits per heavy atom. The molecule has 2 aromatic heterocycles. The molecule has 0 spiro atoms. The van der Waals surface area contributed by atoms with E-state index in [0.717, 1.165) is 45.0 Å². The summed E-state index contributed by atoms with van der Waals surface area (Å²) in [5.74, 6) is -0.222. The van der Waals surface area contributed by atoms with E-state index in [0.29, 0.717) is 11.8 Å². The standard InChI is InChI=1S/C24H31F2N7O2/c1-5-32-6-8-33(9-7-32)14-17-11-21(30-31(17)3)29-24-27-12-18(13-28-24)35-15-19-22(25)16(2)10-20(34-4)23(19)26/h10-13H,5-9,14-15H2,1-4H3,(H,27,28,29,30). The molecule has 0 bridgehead atoms. The molecular formula is C24H31F2N7O2. The zero-order chi connectivity index (χ0) is 24.9. The summed E-state index contributed by atoms with van der Waals surface area (Å²) >= 11 is 0. The van der Waals surface area contributed by atoms with Gasteiger partial charge >= 0.3 is 0 Å². The Kier molecular flexibility index (Phi) is 7.76. The Morgan fingerprint density at radius 1 is 1.03 bits per heavy atom. The zero-order valence-electron chi connectivity index (χ0n) is 20.5. The van der Waals surface area contributed by atoms with Gasteiger partial charge < -0.3 is 19.7 Å². The van der Waals surface area contributed by atoms with Crippen LogP contribution < -0.4 is 14.8 Å². The van der Waals surface area contributed by atoms with Gasteiger partial charge in [-0.15, -0.1) is 0 Å². The van der Waals surface area contributed by atoms with Gasteiger partial charge in [-0.1, -0.05) is 6.92 Å². The molecule has 1 N–H and O–H groups in total. The van der Waals surface area contributed by atoms with Gasteiger partial charge in [-0.05, 0) is 25.1 Å². The first-order valence-corrected chi connectivity index (χ1v) is 11.6. The van der Waals surface area contributed by atoms with E-state index >= 15 is 0 Å². The van der Waals surface area contributed by atoms with E-state index in [-0.39, 0.29) is 29.2 Å². The number of hydrogen-bond acceptors (Lipinski definition) is 8. The summed E-state index contributed by atoms with van der Waals surface area (Å²) in [6.07, 6.45) is 2.88. The van der Waals surface area contributed by atoms with Crippen LogP contribution in [0.5, 0.6) is 11.5 Å². The van der Waals surface area contributed by atoms with Crippen LogP contribution in [-0.4, -0.2) is 69.4 Å². The lowest BCUT2D eigenvalue weighted by atomic mass is 10.1. The van der Waals surface area contributed by atoms with Crippen molar-refractivity contribution in [3.63, 3.8) is 0 Å². The Morgan fingerprint density at radius 3 is 2.37 bits per heavy atom. The van der Waals surface area contributed by atoms with Crippen molar-refractivity contribution in [3.8, 4) is 11.5 Å². The summed E-state index contributed by atoms with van der Waals surface area (Å²) in [6, 6.07) is 3.30. The number of aryl methyl sites for hydroxylation is 2. The molecule has 0 amide bonds. The lowest BCUT2D eigenvalue weighted by Gasteiger charge is -2.33. The minimum Gasteiger partial charge on any atom is -0.494 e. The lowest BCUT2D eigenvalue weighted by Crippen LogP contribution is -2.45. The monoisotopic (exact) mass is 487 g/mol. The summed E-state index contributed by atoms with van der Waals surface area (Å²) in [6.45, 7) is 9.57. The summed E-state index contributed by atoms with van der Waals surface area (Å²) < 4.78 is 41.1. The molecule has 0 atom stereocenters. The van der Waals surface area contributed by atoms with Crippen molar-refractivity contribution in [2.45, 2.75) is 27.0 Å². The normalized spacial score (nSPS) is 14.8. The number of benzene rings is 1. The Balaban J connectivity index is 1.35. The SMILES string of the molecule is CCN1CCN(Cc2cc(Nc3ncc(OCc4c(F)c(C)cc(OC)c4F)cn3)nn2C)CC1. The number of hydrogen-bond donors (Lipinski definition) is 1. The van der Waals surface area contributed by atoms with Gasteiger partial charge in [-0.3, -0.25) is 9.58 Å². The molecule has 1 aromatic carbocycles. The number of aromatic nitrogens is 4. The third-order valence-corrected chi connectivity index (χ3v) is 6.19. The largest absolute Gasteiger partial charge is 0.494 e. The van der Waals surface area contributed by atoms with Crippen molar-refractivity contribution in [2.75, 3.05) is 45.2 Å². The van der Waals surface area contributed by atoms with Crippen molar-refractivity contribution < 1.29 is 18.3 Å². The van der Waals surface area contributed by atoms with Gasteiger partial charge in [-0.25, -0.2) is 18.7 Å². The topological polar surface area (TPSA) is 80.6 Å². The first-order chi connectivity index (χ1) is 16.9. The van der Waals surface area contributed by atoms with Crippen LogP contribution in [0.15, 0.2) is 24.5 Å². The van der Waals surface area contributed by atoms with Crippen molar-refractivity contribution in [1.29, 1.82) is 0 Å². The second kappa shape index (κ2) is 11.0. The molecule has 35 heavy (non-hydrogen) atoms. The van der Waals surface area contributed by atoms with Gasteiger partial charge in [0, 0.05) is 45.8 Å². The summed E-state index contributed by atoms with van der Waals surface area (Å²) in [7, 11) is 3.25. The van der Waals surface area contributed by atoms with Crippen LogP contribution in [0.2, 0.25) is 0 Å². The zero-order valence-corrected chi connectivity index (χ0v) is 20.5. The van der Waals surface area contributed by atoms with Crippen LogP contribution in [0.3, 0.4) is 0 Å². The molecule has 1 aliphatic heterocycles. The van der Waals surface area contributed by atoms with Crippen LogP contribution in [0.25, 0.3) is 0 Å². The maximum atomic E-state index is 14.4. The fourth-order valence-electron chi connectivity index (χ4n) is 4.01. The second-order valence-electron chi connectivity index (χ2n) is 8.51. The number of rotatable bonds is 9. The number of piperazine rings is 1. The maximum Gasteiger partial charge on any atom is 0.228 e. The summed E-state index contributed by atoms with van der Waals surface area (Å²) in [4.78, 5) is 13.3. The molecule has 0 aliphatic carbocycles. The molecule has 4 rings (SSSR count). The second-order valence-corrected chi connectivity index (χ2v) is 8.51. The smallest absolute Gasteiger partial charge is 0.228 e. The third-order valence-electron chi connectivity index (χ3n) is 6.19. The summed E-state index contributed by atoms with van der Waals surface area (Å²) in [5.41, 5.74) is 1.16. The molecule has 11 heteroatoms. The number of anilines is 2. The quantitative estimate of drug-likeness (QED) is 0.493. The highest BCUT2D eigenvalue weighted by molar-refractivity contribution is 5.48. The van der Waals surface area contributed by atoms with Crippen LogP contribution in [0.1, 0.15) is 23.7 Å². The third kappa shape index (κ3) is 5.85. The van der Waals surface area contributed by atoms with Gasteiger partial charge in [0.25, 0.3) is 0 Å². The number of methoxy groups -OCH3 is 1. The van der Waals surface area contributed by atoms with E-state index in [2.05, 4.69) is 37.1 Å². The van der Waals surface area contributed by atoms with Crippen molar-refractivity contribution in [2.24, 2.45) is 7.05 Å². The van der Waals surface area contributed by atoms with E-state index < -0.39 is 11.6 Å². The number of nitrogens with one attached hydrogen (secondary N) is 1. The maximum absolute atomic E-state index is 14.4. The van der Waals surface area contributed by atoms with Gasteiger partial charge in [0.2, 0.25) is 5.95 Å². The van der Waals surface area contributed by atoms with E-state index in [9.17, 15) is 8.78 Å². The van der Waals surface area contributed by atoms with Crippen molar-refractivity contribution >= 4 is 11.8 Å². The number of likely N-dealkylation sites (N-methyl/N-ethyl adjacent to an activating group) is 1. The molecule has 3 aromatic rings. The van der Waals surface area contributed by atoms with Crippen LogP contribution in [0.4, 0.5) is 20.5 Å². The molecule has 0 radical (unpaired) electrons. The molecule has 9 nitrogen and oxygen atoms in total. The van der Waals surface area contributed by atoms with Crippen LogP contribution >= 0.6 is 0 Å². The van der Waals surface area contributed by atoms with Gasteiger partial charge in [0.05, 0.1) is 30.8 Å². The highest BCUT2D eigenvalue weighted by Gasteiger charge is 2.19. The molecule has 3 heterocycles. The van der Waals surface area contributed by atoms with E-state index in [1.165, 1.54) is 25.6 Å². The highest BCUT2D eigenvalue weighted by Crippen LogP contribution is 2.27. The van der Waals surface area contributed by atoms with E-state index in [1.807, 2.05) is 17.8 Å². The average molecular weight is 488 g/mol. The average Bonchev–Trinajstić information content (AvgIpc) is 3.21. The van der Waals surface area contributed by atoms with Gasteiger partial charge in [0.1, 0.15) is 12.4 Å². The molecule has 1 saturated heterocycles. The molecule has 188 valence electrons. The fourth-order valence-corrected chi connectivity index (χ4v) is 4.01.